The van der Waals surface area contributed by atoms with Crippen LogP contribution in [0.15, 0.2) is 11.8 Å². The van der Waals surface area contributed by atoms with Crippen molar-refractivity contribution in [2.75, 3.05) is 20.3 Å². The monoisotopic (exact) mass is 406 g/mol. The van der Waals surface area contributed by atoms with Gasteiger partial charge >= 0.3 is 5.97 Å². The van der Waals surface area contributed by atoms with Crippen molar-refractivity contribution in [2.45, 2.75) is 56.1 Å². The number of ether oxygens (including phenoxy) is 5. The van der Waals surface area contributed by atoms with Crippen molar-refractivity contribution in [3.63, 3.8) is 0 Å². The van der Waals surface area contributed by atoms with Crippen molar-refractivity contribution in [3.05, 3.63) is 11.8 Å². The van der Waals surface area contributed by atoms with Gasteiger partial charge in [0.1, 0.15) is 24.4 Å². The Morgan fingerprint density at radius 1 is 1.25 bits per heavy atom. The minimum atomic E-state index is -1.73. The van der Waals surface area contributed by atoms with Crippen LogP contribution in [0.1, 0.15) is 13.3 Å². The van der Waals surface area contributed by atoms with E-state index >= 15 is 0 Å². The molecule has 9 atom stereocenters. The van der Waals surface area contributed by atoms with E-state index in [0.717, 1.165) is 0 Å². The first-order valence-corrected chi connectivity index (χ1v) is 8.97. The Kier molecular flexibility index (Phi) is 6.27. The summed E-state index contributed by atoms with van der Waals surface area (Å²) in [5, 5.41) is 50.0. The van der Waals surface area contributed by atoms with Gasteiger partial charge in [-0.1, -0.05) is 0 Å². The number of aliphatic hydroxyl groups is 5. The van der Waals surface area contributed by atoms with Crippen LogP contribution in [0.2, 0.25) is 0 Å². The third kappa shape index (κ3) is 3.76. The molecule has 0 aromatic carbocycles. The van der Waals surface area contributed by atoms with Gasteiger partial charge in [0.2, 0.25) is 6.29 Å². The van der Waals surface area contributed by atoms with Crippen molar-refractivity contribution in [3.8, 4) is 0 Å². The van der Waals surface area contributed by atoms with Gasteiger partial charge in [-0.15, -0.1) is 0 Å². The summed E-state index contributed by atoms with van der Waals surface area (Å²) in [5.41, 5.74) is 0.213. The third-order valence-corrected chi connectivity index (χ3v) is 5.43. The van der Waals surface area contributed by atoms with E-state index in [9.17, 15) is 30.3 Å². The van der Waals surface area contributed by atoms with E-state index in [-0.39, 0.29) is 12.2 Å². The van der Waals surface area contributed by atoms with Crippen LogP contribution in [0.3, 0.4) is 0 Å². The summed E-state index contributed by atoms with van der Waals surface area (Å²) in [7, 11) is 1.23. The average molecular weight is 406 g/mol. The van der Waals surface area contributed by atoms with Gasteiger partial charge in [0.15, 0.2) is 12.1 Å². The SMILES string of the molecule is COC(=O)C1=COC(OC2OC(CO)C(O)C(O)C2O)C2C1CCOC2(C)O. The first-order chi connectivity index (χ1) is 13.2. The number of hydrogen-bond donors (Lipinski definition) is 5. The molecule has 0 aliphatic carbocycles. The minimum absolute atomic E-state index is 0.190. The number of esters is 1. The quantitative estimate of drug-likeness (QED) is 0.315. The van der Waals surface area contributed by atoms with Crippen LogP contribution in [-0.2, 0) is 28.5 Å². The molecule has 160 valence electrons. The van der Waals surface area contributed by atoms with Gasteiger partial charge in [0, 0.05) is 5.92 Å². The molecule has 0 aromatic heterocycles. The first-order valence-electron chi connectivity index (χ1n) is 8.97. The van der Waals surface area contributed by atoms with Gasteiger partial charge in [-0.2, -0.15) is 0 Å². The lowest BCUT2D eigenvalue weighted by Crippen LogP contribution is -2.62. The maximum atomic E-state index is 12.1. The molecule has 0 bridgehead atoms. The summed E-state index contributed by atoms with van der Waals surface area (Å²) in [6.45, 7) is 0.974. The molecule has 3 aliphatic heterocycles. The normalized spacial score (nSPS) is 46.2. The molecule has 0 radical (unpaired) electrons. The van der Waals surface area contributed by atoms with Crippen LogP contribution in [0, 0.1) is 11.8 Å². The molecule has 28 heavy (non-hydrogen) atoms. The molecule has 2 saturated heterocycles. The summed E-state index contributed by atoms with van der Waals surface area (Å²) >= 11 is 0. The molecule has 11 heteroatoms. The van der Waals surface area contributed by atoms with Crippen LogP contribution < -0.4 is 0 Å². The Balaban J connectivity index is 1.84. The van der Waals surface area contributed by atoms with Gasteiger partial charge in [0.05, 0.1) is 38.1 Å². The zero-order valence-electron chi connectivity index (χ0n) is 15.5. The molecular formula is C17H26O11. The predicted molar refractivity (Wildman–Crippen MR) is 88.0 cm³/mol. The molecule has 2 fully saturated rings. The standard InChI is InChI=1S/C17H26O11/c1-17(23)10-7(3-4-26-17)8(14(22)24-2)6-25-15(10)28-16-13(21)12(20)11(19)9(5-18)27-16/h6-7,9-13,15-16,18-21,23H,3-5H2,1-2H3. The Morgan fingerprint density at radius 3 is 2.61 bits per heavy atom. The van der Waals surface area contributed by atoms with Crippen molar-refractivity contribution >= 4 is 5.97 Å². The molecule has 0 amide bonds. The maximum absolute atomic E-state index is 12.1. The fourth-order valence-electron chi connectivity index (χ4n) is 3.89. The molecular weight excluding hydrogens is 380 g/mol. The van der Waals surface area contributed by atoms with Gasteiger partial charge < -0.3 is 49.2 Å². The highest BCUT2D eigenvalue weighted by atomic mass is 16.8. The van der Waals surface area contributed by atoms with E-state index in [1.165, 1.54) is 20.3 Å². The van der Waals surface area contributed by atoms with E-state index in [2.05, 4.69) is 0 Å². The third-order valence-electron chi connectivity index (χ3n) is 5.43. The van der Waals surface area contributed by atoms with Crippen molar-refractivity contribution in [1.29, 1.82) is 0 Å². The zero-order valence-corrected chi connectivity index (χ0v) is 15.5. The average Bonchev–Trinajstić information content (AvgIpc) is 2.67. The van der Waals surface area contributed by atoms with Crippen molar-refractivity contribution < 1.29 is 54.0 Å². The Labute approximate surface area is 161 Å². The topological polar surface area (TPSA) is 164 Å². The summed E-state index contributed by atoms with van der Waals surface area (Å²) in [4.78, 5) is 12.1. The van der Waals surface area contributed by atoms with Crippen LogP contribution in [0.25, 0.3) is 0 Å². The fraction of sp³-hybridized carbons (Fsp3) is 0.824. The minimum Gasteiger partial charge on any atom is -0.471 e. The summed E-state index contributed by atoms with van der Waals surface area (Å²) in [5.74, 6) is -3.73. The lowest BCUT2D eigenvalue weighted by molar-refractivity contribution is -0.370. The number of aliphatic hydroxyl groups excluding tert-OH is 4. The molecule has 0 saturated carbocycles. The molecule has 0 aromatic rings. The van der Waals surface area contributed by atoms with Gasteiger partial charge in [-0.05, 0) is 13.3 Å². The molecule has 11 nitrogen and oxygen atoms in total. The number of methoxy groups -OCH3 is 1. The van der Waals surface area contributed by atoms with Crippen molar-refractivity contribution in [2.24, 2.45) is 11.8 Å². The van der Waals surface area contributed by atoms with Crippen LogP contribution in [-0.4, -0.2) is 94.6 Å². The second kappa shape index (κ2) is 8.20. The smallest absolute Gasteiger partial charge is 0.337 e. The van der Waals surface area contributed by atoms with E-state index in [1.807, 2.05) is 0 Å². The second-order valence-electron chi connectivity index (χ2n) is 7.23. The van der Waals surface area contributed by atoms with E-state index < -0.39 is 67.2 Å². The number of fused-ring (bicyclic) bond motifs is 1. The fourth-order valence-corrected chi connectivity index (χ4v) is 3.89. The summed E-state index contributed by atoms with van der Waals surface area (Å²) in [6.07, 6.45) is -7.08. The van der Waals surface area contributed by atoms with Gasteiger partial charge in [-0.3, -0.25) is 0 Å². The first kappa shape index (κ1) is 21.4. The molecule has 9 unspecified atom stereocenters. The van der Waals surface area contributed by atoms with E-state index in [1.54, 1.807) is 0 Å². The van der Waals surface area contributed by atoms with Crippen LogP contribution in [0.5, 0.6) is 0 Å². The highest BCUT2D eigenvalue weighted by Gasteiger charge is 2.55. The second-order valence-corrected chi connectivity index (χ2v) is 7.23. The zero-order chi connectivity index (χ0) is 20.6. The van der Waals surface area contributed by atoms with Crippen molar-refractivity contribution in [1.82, 2.24) is 0 Å². The molecule has 3 aliphatic rings. The Morgan fingerprint density at radius 2 is 1.96 bits per heavy atom. The number of hydrogen-bond acceptors (Lipinski definition) is 11. The highest BCUT2D eigenvalue weighted by molar-refractivity contribution is 5.88. The highest BCUT2D eigenvalue weighted by Crippen LogP contribution is 2.45. The van der Waals surface area contributed by atoms with Gasteiger partial charge in [-0.25, -0.2) is 4.79 Å². The molecule has 3 rings (SSSR count). The Hall–Kier alpha value is -1.31. The van der Waals surface area contributed by atoms with Crippen LogP contribution >= 0.6 is 0 Å². The lowest BCUT2D eigenvalue weighted by Gasteiger charge is -2.49. The number of carbonyl (C=O) groups is 1. The van der Waals surface area contributed by atoms with E-state index in [4.69, 9.17) is 23.7 Å². The number of carbonyl (C=O) groups excluding carboxylic acids is 1. The van der Waals surface area contributed by atoms with E-state index in [0.29, 0.717) is 6.42 Å². The Bertz CT molecular complexity index is 604. The van der Waals surface area contributed by atoms with Crippen LogP contribution in [0.4, 0.5) is 0 Å². The summed E-state index contributed by atoms with van der Waals surface area (Å²) < 4.78 is 26.6. The summed E-state index contributed by atoms with van der Waals surface area (Å²) in [6, 6.07) is 0. The maximum Gasteiger partial charge on any atom is 0.337 e. The number of rotatable bonds is 4. The molecule has 0 spiro atoms. The van der Waals surface area contributed by atoms with Gasteiger partial charge in [0.25, 0.3) is 0 Å². The lowest BCUT2D eigenvalue weighted by atomic mass is 9.75. The molecule has 3 heterocycles. The molecule has 5 N–H and O–H groups in total. The predicted octanol–water partition coefficient (Wildman–Crippen LogP) is -2.42. The largest absolute Gasteiger partial charge is 0.471 e.